The van der Waals surface area contributed by atoms with Gasteiger partial charge in [-0.05, 0) is 71.1 Å². The summed E-state index contributed by atoms with van der Waals surface area (Å²) in [6.45, 7) is 1.84. The molecule has 0 unspecified atom stereocenters. The maximum absolute atomic E-state index is 9.60. The summed E-state index contributed by atoms with van der Waals surface area (Å²) >= 11 is 0. The number of aliphatic carboxylic acids is 1. The van der Waals surface area contributed by atoms with Gasteiger partial charge in [-0.2, -0.15) is 0 Å². The topological polar surface area (TPSA) is 37.3 Å². The smallest absolute Gasteiger partial charge is 0.303 e. The summed E-state index contributed by atoms with van der Waals surface area (Å²) in [4.78, 5) is 9.60. The molecule has 2 nitrogen and oxygen atoms in total. The fourth-order valence-corrected chi connectivity index (χ4v) is 5.55. The van der Waals surface area contributed by atoms with Gasteiger partial charge in [-0.25, -0.2) is 0 Å². The molecule has 2 heteroatoms. The summed E-state index contributed by atoms with van der Waals surface area (Å²) in [7, 11) is 0. The highest BCUT2D eigenvalue weighted by atomic mass is 16.4. The van der Waals surface area contributed by atoms with Gasteiger partial charge in [-0.1, -0.05) is 128 Å². The van der Waals surface area contributed by atoms with Crippen LogP contribution < -0.4 is 0 Å². The molecule has 0 bridgehead atoms. The van der Waals surface area contributed by atoms with E-state index in [2.05, 4.69) is 121 Å². The third-order valence-corrected chi connectivity index (χ3v) is 7.25. The lowest BCUT2D eigenvalue weighted by Gasteiger charge is -2.09. The highest BCUT2D eigenvalue weighted by molar-refractivity contribution is 6.23. The Morgan fingerprint density at radius 3 is 0.789 bits per heavy atom. The van der Waals surface area contributed by atoms with Crippen molar-refractivity contribution < 1.29 is 9.90 Å². The van der Waals surface area contributed by atoms with Crippen molar-refractivity contribution in [1.29, 1.82) is 0 Å². The van der Waals surface area contributed by atoms with Crippen molar-refractivity contribution in [2.24, 2.45) is 0 Å². The van der Waals surface area contributed by atoms with Gasteiger partial charge in [-0.3, -0.25) is 4.79 Å². The van der Waals surface area contributed by atoms with Gasteiger partial charge in [0.2, 0.25) is 0 Å². The van der Waals surface area contributed by atoms with E-state index in [0.717, 1.165) is 6.42 Å². The lowest BCUT2D eigenvalue weighted by Crippen LogP contribution is -1.90. The van der Waals surface area contributed by atoms with Gasteiger partial charge in [-0.15, -0.1) is 0 Å². The second-order valence-corrected chi connectivity index (χ2v) is 9.72. The van der Waals surface area contributed by atoms with Crippen LogP contribution in [0.3, 0.4) is 0 Å². The highest BCUT2D eigenvalue weighted by Crippen LogP contribution is 2.35. The molecule has 0 aromatic heterocycles. The van der Waals surface area contributed by atoms with Gasteiger partial charge in [0.15, 0.2) is 0 Å². The molecule has 0 saturated carbocycles. The maximum Gasteiger partial charge on any atom is 0.303 e. The first-order chi connectivity index (χ1) is 18.6. The number of carboxylic acid groups (broad SMARTS) is 1. The number of carboxylic acids is 1. The molecular weight excluding hydrogens is 464 g/mol. The highest BCUT2D eigenvalue weighted by Gasteiger charge is 2.07. The van der Waals surface area contributed by atoms with Crippen molar-refractivity contribution in [2.45, 2.75) is 19.8 Å². The normalized spacial score (nSPS) is 11.2. The average molecular weight is 493 g/mol. The fourth-order valence-electron chi connectivity index (χ4n) is 5.55. The first-order valence-electron chi connectivity index (χ1n) is 13.1. The first kappa shape index (κ1) is 23.7. The third-order valence-electron chi connectivity index (χ3n) is 7.25. The SMILES string of the molecule is CCCC(=O)O.c1cc2ccc3cccc4ccc(c1)c2c34.c1cc2ccc3cccc4ccc(c1)c2c34. The summed E-state index contributed by atoms with van der Waals surface area (Å²) in [5.74, 6) is -0.711. The first-order valence-corrected chi connectivity index (χ1v) is 13.1. The molecule has 0 radical (unpaired) electrons. The molecule has 0 spiro atoms. The molecule has 0 amide bonds. The Kier molecular flexibility index (Phi) is 6.23. The molecule has 0 atom stereocenters. The van der Waals surface area contributed by atoms with Gasteiger partial charge in [0.1, 0.15) is 0 Å². The second kappa shape index (κ2) is 9.99. The molecular formula is C36H28O2. The summed E-state index contributed by atoms with van der Waals surface area (Å²) in [6, 6.07) is 43.7. The minimum atomic E-state index is -0.711. The number of hydrogen-bond acceptors (Lipinski definition) is 1. The van der Waals surface area contributed by atoms with Crippen molar-refractivity contribution in [3.8, 4) is 0 Å². The molecule has 0 aliphatic carbocycles. The number of hydrogen-bond donors (Lipinski definition) is 1. The van der Waals surface area contributed by atoms with Gasteiger partial charge < -0.3 is 5.11 Å². The Labute approximate surface area is 221 Å². The Morgan fingerprint density at radius 2 is 0.658 bits per heavy atom. The Hall–Kier alpha value is -4.69. The van der Waals surface area contributed by atoms with Crippen LogP contribution in [0.5, 0.6) is 0 Å². The van der Waals surface area contributed by atoms with E-state index >= 15 is 0 Å². The summed E-state index contributed by atoms with van der Waals surface area (Å²) < 4.78 is 0. The Morgan fingerprint density at radius 1 is 0.447 bits per heavy atom. The number of carbonyl (C=O) groups is 1. The number of benzene rings is 8. The number of rotatable bonds is 2. The largest absolute Gasteiger partial charge is 0.481 e. The quantitative estimate of drug-likeness (QED) is 0.244. The monoisotopic (exact) mass is 492 g/mol. The van der Waals surface area contributed by atoms with Crippen molar-refractivity contribution in [2.75, 3.05) is 0 Å². The van der Waals surface area contributed by atoms with Crippen molar-refractivity contribution in [3.63, 3.8) is 0 Å². The van der Waals surface area contributed by atoms with Crippen LogP contribution in [0.25, 0.3) is 64.6 Å². The molecule has 0 aliphatic rings. The molecule has 0 fully saturated rings. The average Bonchev–Trinajstić information content (AvgIpc) is 2.96. The fraction of sp³-hybridized carbons (Fsp3) is 0.0833. The van der Waals surface area contributed by atoms with E-state index in [1.54, 1.807) is 0 Å². The van der Waals surface area contributed by atoms with E-state index in [0.29, 0.717) is 6.42 Å². The van der Waals surface area contributed by atoms with Crippen LogP contribution in [0, 0.1) is 0 Å². The predicted molar refractivity (Wildman–Crippen MR) is 163 cm³/mol. The zero-order chi connectivity index (χ0) is 26.1. The van der Waals surface area contributed by atoms with Crippen molar-refractivity contribution in [1.82, 2.24) is 0 Å². The van der Waals surface area contributed by atoms with Crippen LogP contribution in [0.1, 0.15) is 19.8 Å². The van der Waals surface area contributed by atoms with Gasteiger partial charge in [0, 0.05) is 6.42 Å². The van der Waals surface area contributed by atoms with Crippen LogP contribution >= 0.6 is 0 Å². The Balaban J connectivity index is 0.000000116. The van der Waals surface area contributed by atoms with Crippen molar-refractivity contribution in [3.05, 3.63) is 121 Å². The molecule has 0 aliphatic heterocycles. The van der Waals surface area contributed by atoms with E-state index in [1.165, 1.54) is 64.6 Å². The van der Waals surface area contributed by atoms with E-state index in [9.17, 15) is 4.79 Å². The lowest BCUT2D eigenvalue weighted by molar-refractivity contribution is -0.137. The predicted octanol–water partition coefficient (Wildman–Crippen LogP) is 10.0. The minimum absolute atomic E-state index is 0.292. The van der Waals surface area contributed by atoms with Crippen LogP contribution in [0.4, 0.5) is 0 Å². The summed E-state index contributed by atoms with van der Waals surface area (Å²) in [5.41, 5.74) is 0. The van der Waals surface area contributed by atoms with E-state index in [1.807, 2.05) is 6.92 Å². The molecule has 0 saturated heterocycles. The van der Waals surface area contributed by atoms with Gasteiger partial charge >= 0.3 is 5.97 Å². The molecule has 8 aromatic carbocycles. The lowest BCUT2D eigenvalue weighted by atomic mass is 9.95. The second-order valence-electron chi connectivity index (χ2n) is 9.72. The maximum atomic E-state index is 9.60. The van der Waals surface area contributed by atoms with Crippen LogP contribution in [-0.2, 0) is 4.79 Å². The van der Waals surface area contributed by atoms with Crippen LogP contribution in [0.15, 0.2) is 121 Å². The molecule has 184 valence electrons. The van der Waals surface area contributed by atoms with Crippen LogP contribution in [0.2, 0.25) is 0 Å². The molecule has 38 heavy (non-hydrogen) atoms. The zero-order valence-electron chi connectivity index (χ0n) is 21.3. The Bertz CT molecular complexity index is 1620. The molecule has 0 heterocycles. The van der Waals surface area contributed by atoms with E-state index in [4.69, 9.17) is 5.11 Å². The molecule has 8 aromatic rings. The zero-order valence-corrected chi connectivity index (χ0v) is 21.3. The molecule has 8 rings (SSSR count). The summed E-state index contributed by atoms with van der Waals surface area (Å²) in [6.07, 6.45) is 1.02. The van der Waals surface area contributed by atoms with Crippen LogP contribution in [-0.4, -0.2) is 11.1 Å². The standard InChI is InChI=1S/2C16H10.C4H8O2/c2*1-3-11-7-9-13-5-2-6-14-10-8-12(4-1)15(11)16(13)14;1-2-3-4(5)6/h2*1-10H;2-3H2,1H3,(H,5,6). The van der Waals surface area contributed by atoms with E-state index in [-0.39, 0.29) is 0 Å². The third kappa shape index (κ3) is 4.25. The van der Waals surface area contributed by atoms with E-state index < -0.39 is 5.97 Å². The minimum Gasteiger partial charge on any atom is -0.481 e. The molecule has 1 N–H and O–H groups in total. The summed E-state index contributed by atoms with van der Waals surface area (Å²) in [5, 5.41) is 24.2. The van der Waals surface area contributed by atoms with Gasteiger partial charge in [0.05, 0.1) is 0 Å². The van der Waals surface area contributed by atoms with Crippen molar-refractivity contribution >= 4 is 70.6 Å². The van der Waals surface area contributed by atoms with Gasteiger partial charge in [0.25, 0.3) is 0 Å².